The molecule has 2 rings (SSSR count). The van der Waals surface area contributed by atoms with Gasteiger partial charge in [-0.3, -0.25) is 0 Å². The lowest BCUT2D eigenvalue weighted by atomic mass is 10.2. The van der Waals surface area contributed by atoms with Crippen LogP contribution < -0.4 is 10.1 Å². The Bertz CT molecular complexity index is 523. The minimum absolute atomic E-state index is 0.158. The Morgan fingerprint density at radius 3 is 2.61 bits per heavy atom. The maximum absolute atomic E-state index is 9.82. The first kappa shape index (κ1) is 12.0. The van der Waals surface area contributed by atoms with Crippen molar-refractivity contribution < 1.29 is 9.84 Å². The first-order chi connectivity index (χ1) is 8.81. The summed E-state index contributed by atoms with van der Waals surface area (Å²) in [6.07, 6.45) is 1.72. The fraction of sp³-hybridized carbons (Fsp3) is 0.0667. The molecule has 0 saturated carbocycles. The molecule has 0 saturated heterocycles. The first-order valence-corrected chi connectivity index (χ1v) is 5.71. The van der Waals surface area contributed by atoms with Gasteiger partial charge in [0.05, 0.1) is 0 Å². The van der Waals surface area contributed by atoms with Gasteiger partial charge in [0.2, 0.25) is 0 Å². The Kier molecular flexibility index (Phi) is 3.86. The standard InChI is InChI=1S/C15H15NO2/c1-2-11-16-15-13(17)9-6-10-14(15)18-12-7-4-3-5-8-12/h2-10,16-17H,1,11H2. The molecule has 3 nitrogen and oxygen atoms in total. The van der Waals surface area contributed by atoms with Crippen LogP contribution in [0.15, 0.2) is 61.2 Å². The van der Waals surface area contributed by atoms with Crippen LogP contribution in [0.5, 0.6) is 17.2 Å². The van der Waals surface area contributed by atoms with Crippen LogP contribution in [0.4, 0.5) is 5.69 Å². The van der Waals surface area contributed by atoms with Crippen molar-refractivity contribution in [1.82, 2.24) is 0 Å². The molecule has 2 N–H and O–H groups in total. The Morgan fingerprint density at radius 2 is 1.89 bits per heavy atom. The summed E-state index contributed by atoms with van der Waals surface area (Å²) in [6.45, 7) is 4.19. The number of para-hydroxylation sites is 2. The molecule has 2 aromatic rings. The number of hydrogen-bond donors (Lipinski definition) is 2. The molecule has 0 fully saturated rings. The number of phenols is 1. The first-order valence-electron chi connectivity index (χ1n) is 5.71. The van der Waals surface area contributed by atoms with E-state index in [0.717, 1.165) is 5.75 Å². The van der Waals surface area contributed by atoms with E-state index in [0.29, 0.717) is 18.0 Å². The van der Waals surface area contributed by atoms with Crippen molar-refractivity contribution in [1.29, 1.82) is 0 Å². The highest BCUT2D eigenvalue weighted by Gasteiger charge is 2.08. The number of aromatic hydroxyl groups is 1. The van der Waals surface area contributed by atoms with Gasteiger partial charge in [0.1, 0.15) is 17.2 Å². The number of hydrogen-bond acceptors (Lipinski definition) is 3. The lowest BCUT2D eigenvalue weighted by Gasteiger charge is -2.13. The summed E-state index contributed by atoms with van der Waals surface area (Å²) >= 11 is 0. The summed E-state index contributed by atoms with van der Waals surface area (Å²) in [6, 6.07) is 14.6. The second-order valence-corrected chi connectivity index (χ2v) is 3.73. The normalized spacial score (nSPS) is 9.78. The molecule has 0 aliphatic rings. The Morgan fingerprint density at radius 1 is 1.11 bits per heavy atom. The van der Waals surface area contributed by atoms with Crippen molar-refractivity contribution in [3.05, 3.63) is 61.2 Å². The summed E-state index contributed by atoms with van der Waals surface area (Å²) in [5.41, 5.74) is 0.571. The molecule has 0 aliphatic heterocycles. The molecule has 2 aromatic carbocycles. The molecule has 0 aliphatic carbocycles. The van der Waals surface area contributed by atoms with E-state index in [1.807, 2.05) is 30.3 Å². The zero-order valence-electron chi connectivity index (χ0n) is 9.97. The molecule has 0 heterocycles. The van der Waals surface area contributed by atoms with Gasteiger partial charge in [-0.1, -0.05) is 30.3 Å². The topological polar surface area (TPSA) is 41.5 Å². The van der Waals surface area contributed by atoms with Gasteiger partial charge in [-0.25, -0.2) is 0 Å². The zero-order chi connectivity index (χ0) is 12.8. The third kappa shape index (κ3) is 2.83. The lowest BCUT2D eigenvalue weighted by Crippen LogP contribution is -2.00. The maximum atomic E-state index is 9.82. The summed E-state index contributed by atoms with van der Waals surface area (Å²) in [5.74, 6) is 1.47. The SMILES string of the molecule is C=CCNc1c(O)cccc1Oc1ccccc1. The van der Waals surface area contributed by atoms with E-state index in [4.69, 9.17) is 4.74 Å². The monoisotopic (exact) mass is 241 g/mol. The fourth-order valence-electron chi connectivity index (χ4n) is 1.57. The summed E-state index contributed by atoms with van der Waals surface area (Å²) < 4.78 is 5.73. The van der Waals surface area contributed by atoms with Gasteiger partial charge < -0.3 is 15.2 Å². The van der Waals surface area contributed by atoms with Gasteiger partial charge >= 0.3 is 0 Å². The third-order valence-corrected chi connectivity index (χ3v) is 2.40. The number of nitrogens with one attached hydrogen (secondary N) is 1. The van der Waals surface area contributed by atoms with Gasteiger partial charge in [0.25, 0.3) is 0 Å². The molecule has 0 radical (unpaired) electrons. The van der Waals surface area contributed by atoms with Crippen LogP contribution in [-0.2, 0) is 0 Å². The summed E-state index contributed by atoms with van der Waals surface area (Å²) in [4.78, 5) is 0. The van der Waals surface area contributed by atoms with Crippen LogP contribution >= 0.6 is 0 Å². The molecule has 0 bridgehead atoms. The molecule has 18 heavy (non-hydrogen) atoms. The van der Waals surface area contributed by atoms with E-state index < -0.39 is 0 Å². The maximum Gasteiger partial charge on any atom is 0.154 e. The number of rotatable bonds is 5. The fourth-order valence-corrected chi connectivity index (χ4v) is 1.57. The number of phenolic OH excluding ortho intramolecular Hbond substituents is 1. The Balaban J connectivity index is 2.26. The molecule has 0 unspecified atom stereocenters. The second kappa shape index (κ2) is 5.77. The van der Waals surface area contributed by atoms with Crippen LogP contribution in [0.3, 0.4) is 0 Å². The van der Waals surface area contributed by atoms with Gasteiger partial charge in [-0.15, -0.1) is 6.58 Å². The van der Waals surface area contributed by atoms with Gasteiger partial charge in [-0.2, -0.15) is 0 Å². The average Bonchev–Trinajstić information content (AvgIpc) is 2.39. The molecule has 0 aromatic heterocycles. The molecular formula is C15H15NO2. The number of anilines is 1. The largest absolute Gasteiger partial charge is 0.506 e. The summed E-state index contributed by atoms with van der Waals surface area (Å²) in [7, 11) is 0. The van der Waals surface area contributed by atoms with Gasteiger partial charge in [0, 0.05) is 6.54 Å². The second-order valence-electron chi connectivity index (χ2n) is 3.73. The highest BCUT2D eigenvalue weighted by Crippen LogP contribution is 2.36. The predicted molar refractivity (Wildman–Crippen MR) is 73.3 cm³/mol. The van der Waals surface area contributed by atoms with Crippen molar-refractivity contribution in [2.45, 2.75) is 0 Å². The van der Waals surface area contributed by atoms with Crippen LogP contribution in [0.2, 0.25) is 0 Å². The van der Waals surface area contributed by atoms with E-state index in [2.05, 4.69) is 11.9 Å². The number of ether oxygens (including phenoxy) is 1. The molecular weight excluding hydrogens is 226 g/mol. The van der Waals surface area contributed by atoms with E-state index in [1.54, 1.807) is 24.3 Å². The van der Waals surface area contributed by atoms with Crippen LogP contribution in [-0.4, -0.2) is 11.7 Å². The van der Waals surface area contributed by atoms with Crippen LogP contribution in [0.1, 0.15) is 0 Å². The molecule has 0 atom stereocenters. The van der Waals surface area contributed by atoms with E-state index in [9.17, 15) is 5.11 Å². The molecule has 0 amide bonds. The zero-order valence-corrected chi connectivity index (χ0v) is 9.97. The number of benzene rings is 2. The smallest absolute Gasteiger partial charge is 0.154 e. The quantitative estimate of drug-likeness (QED) is 0.618. The Labute approximate surface area is 106 Å². The highest BCUT2D eigenvalue weighted by molar-refractivity contribution is 5.66. The van der Waals surface area contributed by atoms with E-state index in [-0.39, 0.29) is 5.75 Å². The third-order valence-electron chi connectivity index (χ3n) is 2.40. The van der Waals surface area contributed by atoms with E-state index in [1.165, 1.54) is 0 Å². The van der Waals surface area contributed by atoms with Crippen molar-refractivity contribution in [3.63, 3.8) is 0 Å². The van der Waals surface area contributed by atoms with Crippen LogP contribution in [0.25, 0.3) is 0 Å². The van der Waals surface area contributed by atoms with Crippen molar-refractivity contribution in [3.8, 4) is 17.2 Å². The van der Waals surface area contributed by atoms with Crippen molar-refractivity contribution in [2.75, 3.05) is 11.9 Å². The van der Waals surface area contributed by atoms with Gasteiger partial charge in [0.15, 0.2) is 5.75 Å². The molecule has 92 valence electrons. The lowest BCUT2D eigenvalue weighted by molar-refractivity contribution is 0.459. The minimum atomic E-state index is 0.158. The molecule has 3 heteroatoms. The van der Waals surface area contributed by atoms with Crippen LogP contribution in [0, 0.1) is 0 Å². The molecule has 0 spiro atoms. The van der Waals surface area contributed by atoms with Gasteiger partial charge in [-0.05, 0) is 24.3 Å². The van der Waals surface area contributed by atoms with Crippen molar-refractivity contribution in [2.24, 2.45) is 0 Å². The highest BCUT2D eigenvalue weighted by atomic mass is 16.5. The summed E-state index contributed by atoms with van der Waals surface area (Å²) in [5, 5.41) is 12.9. The predicted octanol–water partition coefficient (Wildman–Crippen LogP) is 3.78. The Hall–Kier alpha value is -2.42. The minimum Gasteiger partial charge on any atom is -0.506 e. The van der Waals surface area contributed by atoms with Crippen molar-refractivity contribution >= 4 is 5.69 Å². The van der Waals surface area contributed by atoms with E-state index >= 15 is 0 Å². The average molecular weight is 241 g/mol.